The van der Waals surface area contributed by atoms with Crippen LogP contribution in [0.5, 0.6) is 0 Å². The van der Waals surface area contributed by atoms with Gasteiger partial charge in [0.15, 0.2) is 0 Å². The number of nitriles is 1. The Morgan fingerprint density at radius 2 is 1.67 bits per heavy atom. The number of piperidine rings is 1. The Bertz CT molecular complexity index is 1370. The van der Waals surface area contributed by atoms with E-state index >= 15 is 0 Å². The van der Waals surface area contributed by atoms with Gasteiger partial charge in [0, 0.05) is 24.7 Å². The zero-order chi connectivity index (χ0) is 24.7. The summed E-state index contributed by atoms with van der Waals surface area (Å²) in [5.74, 6) is 1.06. The van der Waals surface area contributed by atoms with Crippen LogP contribution < -0.4 is 10.5 Å². The molecule has 1 aliphatic heterocycles. The Hall–Kier alpha value is -3.46. The summed E-state index contributed by atoms with van der Waals surface area (Å²) in [5.41, 5.74) is 2.72. The van der Waals surface area contributed by atoms with Crippen molar-refractivity contribution in [2.45, 2.75) is 63.7 Å². The SMILES string of the molecule is N#Cc1ccc(-c2nc(N3CCC4(CCCCC4)CC3)cc(=O)n2-c2ccc(C3CC3)cc2)cc1F. The molecular weight excluding hydrogens is 451 g/mol. The van der Waals surface area contributed by atoms with Crippen LogP contribution in [0.25, 0.3) is 17.1 Å². The van der Waals surface area contributed by atoms with Gasteiger partial charge in [-0.05, 0) is 85.8 Å². The van der Waals surface area contributed by atoms with Gasteiger partial charge in [-0.15, -0.1) is 0 Å². The number of anilines is 1. The third kappa shape index (κ3) is 4.32. The van der Waals surface area contributed by atoms with Crippen LogP contribution in [0.2, 0.25) is 0 Å². The van der Waals surface area contributed by atoms with Crippen LogP contribution in [-0.2, 0) is 0 Å². The monoisotopic (exact) mass is 482 g/mol. The first-order chi connectivity index (χ1) is 17.5. The predicted molar refractivity (Wildman–Crippen MR) is 139 cm³/mol. The second-order valence-electron chi connectivity index (χ2n) is 10.8. The molecule has 1 spiro atoms. The minimum Gasteiger partial charge on any atom is -0.356 e. The van der Waals surface area contributed by atoms with Gasteiger partial charge >= 0.3 is 0 Å². The van der Waals surface area contributed by atoms with E-state index in [4.69, 9.17) is 4.98 Å². The second kappa shape index (κ2) is 9.20. The summed E-state index contributed by atoms with van der Waals surface area (Å²) in [7, 11) is 0. The third-order valence-electron chi connectivity index (χ3n) is 8.52. The van der Waals surface area contributed by atoms with E-state index in [1.54, 1.807) is 16.7 Å². The van der Waals surface area contributed by atoms with Crippen molar-refractivity contribution >= 4 is 5.82 Å². The number of benzene rings is 2. The zero-order valence-corrected chi connectivity index (χ0v) is 20.5. The first kappa shape index (κ1) is 23.0. The van der Waals surface area contributed by atoms with Gasteiger partial charge in [0.1, 0.15) is 23.5 Å². The van der Waals surface area contributed by atoms with E-state index in [-0.39, 0.29) is 11.1 Å². The molecule has 6 rings (SSSR count). The summed E-state index contributed by atoms with van der Waals surface area (Å²) in [6, 6.07) is 16.0. The Kier molecular flexibility index (Phi) is 5.87. The molecule has 1 aromatic heterocycles. The minimum atomic E-state index is -0.609. The van der Waals surface area contributed by atoms with Crippen LogP contribution in [0.4, 0.5) is 10.2 Å². The number of halogens is 1. The van der Waals surface area contributed by atoms with Crippen LogP contribution >= 0.6 is 0 Å². The Labute approximate surface area is 211 Å². The molecule has 5 nitrogen and oxygen atoms in total. The molecule has 184 valence electrons. The van der Waals surface area contributed by atoms with Gasteiger partial charge in [0.05, 0.1) is 11.3 Å². The fourth-order valence-electron chi connectivity index (χ4n) is 6.14. The quantitative estimate of drug-likeness (QED) is 0.435. The average Bonchev–Trinajstić information content (AvgIpc) is 3.75. The summed E-state index contributed by atoms with van der Waals surface area (Å²) in [6.07, 6.45) is 11.3. The van der Waals surface area contributed by atoms with Crippen molar-refractivity contribution < 1.29 is 4.39 Å². The number of aromatic nitrogens is 2. The van der Waals surface area contributed by atoms with Crippen LogP contribution in [0.3, 0.4) is 0 Å². The molecule has 2 aliphatic carbocycles. The van der Waals surface area contributed by atoms with Crippen molar-refractivity contribution in [2.24, 2.45) is 5.41 Å². The average molecular weight is 483 g/mol. The fourth-order valence-corrected chi connectivity index (χ4v) is 6.14. The lowest BCUT2D eigenvalue weighted by Gasteiger charge is -2.44. The standard InChI is InChI=1S/C30H31FN4O/c31-26-18-23(6-7-24(26)20-32)29-33-27(34-16-14-30(15-17-34)12-2-1-3-13-30)19-28(36)35(29)25-10-8-22(9-11-25)21-4-5-21/h6-11,18-19,21H,1-5,12-17H2. The maximum absolute atomic E-state index is 14.6. The highest BCUT2D eigenvalue weighted by Crippen LogP contribution is 2.45. The highest BCUT2D eigenvalue weighted by molar-refractivity contribution is 5.62. The van der Waals surface area contributed by atoms with Gasteiger partial charge < -0.3 is 4.90 Å². The molecule has 2 aromatic carbocycles. The van der Waals surface area contributed by atoms with Gasteiger partial charge in [-0.2, -0.15) is 5.26 Å². The molecule has 0 atom stereocenters. The molecule has 1 saturated heterocycles. The van der Waals surface area contributed by atoms with Crippen LogP contribution in [0.1, 0.15) is 74.8 Å². The molecule has 0 unspecified atom stereocenters. The van der Waals surface area contributed by atoms with Crippen molar-refractivity contribution in [2.75, 3.05) is 18.0 Å². The Morgan fingerprint density at radius 3 is 2.31 bits per heavy atom. The maximum Gasteiger partial charge on any atom is 0.260 e. The molecule has 2 heterocycles. The zero-order valence-electron chi connectivity index (χ0n) is 20.5. The number of hydrogen-bond donors (Lipinski definition) is 0. The fraction of sp³-hybridized carbons (Fsp3) is 0.433. The smallest absolute Gasteiger partial charge is 0.260 e. The van der Waals surface area contributed by atoms with Crippen molar-refractivity contribution in [3.63, 3.8) is 0 Å². The largest absolute Gasteiger partial charge is 0.356 e. The molecule has 6 heteroatoms. The minimum absolute atomic E-state index is 0.0219. The number of nitrogens with zero attached hydrogens (tertiary/aromatic N) is 4. The lowest BCUT2D eigenvalue weighted by Crippen LogP contribution is -2.42. The van der Waals surface area contributed by atoms with E-state index in [1.165, 1.54) is 62.6 Å². The molecule has 0 radical (unpaired) electrons. The summed E-state index contributed by atoms with van der Waals surface area (Å²) < 4.78 is 16.2. The normalized spacial score (nSPS) is 19.3. The lowest BCUT2D eigenvalue weighted by atomic mass is 9.68. The first-order valence-corrected chi connectivity index (χ1v) is 13.2. The highest BCUT2D eigenvalue weighted by atomic mass is 19.1. The highest BCUT2D eigenvalue weighted by Gasteiger charge is 2.36. The molecule has 3 fully saturated rings. The predicted octanol–water partition coefficient (Wildman–Crippen LogP) is 6.34. The van der Waals surface area contributed by atoms with Crippen LogP contribution in [0, 0.1) is 22.6 Å². The van der Waals surface area contributed by atoms with E-state index in [2.05, 4.69) is 17.0 Å². The third-order valence-corrected chi connectivity index (χ3v) is 8.52. The van der Waals surface area contributed by atoms with Crippen LogP contribution in [0.15, 0.2) is 53.3 Å². The lowest BCUT2D eigenvalue weighted by molar-refractivity contribution is 0.144. The summed E-state index contributed by atoms with van der Waals surface area (Å²) in [4.78, 5) is 20.7. The van der Waals surface area contributed by atoms with Crippen molar-refractivity contribution in [1.29, 1.82) is 5.26 Å². The van der Waals surface area contributed by atoms with Gasteiger partial charge in [0.2, 0.25) is 0 Å². The van der Waals surface area contributed by atoms with E-state index in [0.717, 1.165) is 25.9 Å². The Morgan fingerprint density at radius 1 is 0.944 bits per heavy atom. The van der Waals surface area contributed by atoms with Crippen molar-refractivity contribution in [1.82, 2.24) is 9.55 Å². The van der Waals surface area contributed by atoms with Gasteiger partial charge in [-0.3, -0.25) is 9.36 Å². The van der Waals surface area contributed by atoms with Crippen LogP contribution in [-0.4, -0.2) is 22.6 Å². The molecular formula is C30H31FN4O. The van der Waals surface area contributed by atoms with Crippen molar-refractivity contribution in [3.05, 3.63) is 75.8 Å². The second-order valence-corrected chi connectivity index (χ2v) is 10.8. The Balaban J connectivity index is 1.39. The molecule has 2 saturated carbocycles. The van der Waals surface area contributed by atoms with E-state index in [1.807, 2.05) is 18.2 Å². The first-order valence-electron chi connectivity index (χ1n) is 13.2. The molecule has 0 bridgehead atoms. The molecule has 0 N–H and O–H groups in total. The molecule has 3 aromatic rings. The number of hydrogen-bond acceptors (Lipinski definition) is 4. The summed E-state index contributed by atoms with van der Waals surface area (Å²) in [6.45, 7) is 1.77. The number of rotatable bonds is 4. The molecule has 0 amide bonds. The van der Waals surface area contributed by atoms with E-state index in [9.17, 15) is 14.4 Å². The summed E-state index contributed by atoms with van der Waals surface area (Å²) >= 11 is 0. The van der Waals surface area contributed by atoms with E-state index in [0.29, 0.717) is 34.2 Å². The van der Waals surface area contributed by atoms with Gasteiger partial charge in [-0.1, -0.05) is 31.4 Å². The van der Waals surface area contributed by atoms with Gasteiger partial charge in [0.25, 0.3) is 5.56 Å². The molecule has 36 heavy (non-hydrogen) atoms. The van der Waals surface area contributed by atoms with E-state index < -0.39 is 5.82 Å². The summed E-state index contributed by atoms with van der Waals surface area (Å²) in [5, 5.41) is 9.18. The topological polar surface area (TPSA) is 61.9 Å². The maximum atomic E-state index is 14.6. The molecule has 3 aliphatic rings. The van der Waals surface area contributed by atoms with Crippen molar-refractivity contribution in [3.8, 4) is 23.1 Å². The van der Waals surface area contributed by atoms with Gasteiger partial charge in [-0.25, -0.2) is 9.37 Å².